The predicted molar refractivity (Wildman–Crippen MR) is 95.8 cm³/mol. The topological polar surface area (TPSA) is 85.8 Å². The Bertz CT molecular complexity index is 763. The van der Waals surface area contributed by atoms with E-state index in [0.29, 0.717) is 36.1 Å². The molecule has 0 bridgehead atoms. The fourth-order valence-electron chi connectivity index (χ4n) is 2.76. The van der Waals surface area contributed by atoms with Gasteiger partial charge in [0.2, 0.25) is 0 Å². The van der Waals surface area contributed by atoms with E-state index < -0.39 is 0 Å². The van der Waals surface area contributed by atoms with Gasteiger partial charge in [-0.3, -0.25) is 4.79 Å². The highest BCUT2D eigenvalue weighted by Crippen LogP contribution is 2.30. The summed E-state index contributed by atoms with van der Waals surface area (Å²) < 4.78 is 15.9. The molecule has 8 heteroatoms. The molecular weight excluding hydrogens is 336 g/mol. The lowest BCUT2D eigenvalue weighted by Gasteiger charge is -2.27. The van der Waals surface area contributed by atoms with Gasteiger partial charge < -0.3 is 24.4 Å². The van der Waals surface area contributed by atoms with Crippen LogP contribution in [0.2, 0.25) is 0 Å². The number of amides is 1. The smallest absolute Gasteiger partial charge is 0.255 e. The van der Waals surface area contributed by atoms with Gasteiger partial charge in [-0.1, -0.05) is 6.07 Å². The van der Waals surface area contributed by atoms with Crippen molar-refractivity contribution >= 4 is 11.7 Å². The molecule has 1 aliphatic heterocycles. The fourth-order valence-corrected chi connectivity index (χ4v) is 2.76. The van der Waals surface area contributed by atoms with E-state index >= 15 is 0 Å². The number of hydrogen-bond acceptors (Lipinski definition) is 7. The van der Waals surface area contributed by atoms with Gasteiger partial charge >= 0.3 is 0 Å². The molecule has 8 nitrogen and oxygen atoms in total. The van der Waals surface area contributed by atoms with Gasteiger partial charge in [0, 0.05) is 19.3 Å². The molecule has 26 heavy (non-hydrogen) atoms. The summed E-state index contributed by atoms with van der Waals surface area (Å²) in [6, 6.07) is 7.03. The minimum Gasteiger partial charge on any atom is -0.493 e. The van der Waals surface area contributed by atoms with Gasteiger partial charge in [-0.05, 0) is 18.2 Å². The maximum Gasteiger partial charge on any atom is 0.255 e. The third-order valence-corrected chi connectivity index (χ3v) is 4.08. The first-order valence-corrected chi connectivity index (χ1v) is 8.36. The lowest BCUT2D eigenvalue weighted by Crippen LogP contribution is -2.37. The van der Waals surface area contributed by atoms with E-state index in [4.69, 9.17) is 14.2 Å². The minimum atomic E-state index is -0.277. The van der Waals surface area contributed by atoms with Crippen LogP contribution in [0.25, 0.3) is 0 Å². The number of aromatic nitrogens is 2. The van der Waals surface area contributed by atoms with Crippen molar-refractivity contribution in [3.63, 3.8) is 0 Å². The Morgan fingerprint density at radius 3 is 2.77 bits per heavy atom. The van der Waals surface area contributed by atoms with Crippen LogP contribution in [0.15, 0.2) is 30.5 Å². The Morgan fingerprint density at radius 2 is 2.04 bits per heavy atom. The third kappa shape index (κ3) is 4.02. The summed E-state index contributed by atoms with van der Waals surface area (Å²) >= 11 is 0. The number of anilines is 1. The maximum atomic E-state index is 12.5. The molecule has 0 unspecified atom stereocenters. The van der Waals surface area contributed by atoms with Crippen LogP contribution in [0, 0.1) is 0 Å². The highest BCUT2D eigenvalue weighted by atomic mass is 16.5. The first-order valence-electron chi connectivity index (χ1n) is 8.36. The van der Waals surface area contributed by atoms with Gasteiger partial charge in [-0.2, -0.15) is 0 Å². The molecule has 2 heterocycles. The molecule has 0 atom stereocenters. The van der Waals surface area contributed by atoms with Gasteiger partial charge in [0.1, 0.15) is 11.6 Å². The van der Waals surface area contributed by atoms with Crippen molar-refractivity contribution in [2.45, 2.75) is 6.54 Å². The van der Waals surface area contributed by atoms with E-state index in [1.165, 1.54) is 14.2 Å². The summed E-state index contributed by atoms with van der Waals surface area (Å²) in [7, 11) is 3.04. The third-order valence-electron chi connectivity index (χ3n) is 4.08. The molecule has 1 saturated heterocycles. The van der Waals surface area contributed by atoms with E-state index in [-0.39, 0.29) is 12.5 Å². The monoisotopic (exact) mass is 358 g/mol. The number of nitrogens with one attached hydrogen (secondary N) is 1. The Morgan fingerprint density at radius 1 is 1.23 bits per heavy atom. The van der Waals surface area contributed by atoms with Crippen LogP contribution < -0.4 is 19.7 Å². The molecule has 0 aliphatic carbocycles. The van der Waals surface area contributed by atoms with Crippen LogP contribution in [0.1, 0.15) is 16.2 Å². The second-order valence-electron chi connectivity index (χ2n) is 5.65. The molecule has 1 N–H and O–H groups in total. The highest BCUT2D eigenvalue weighted by molar-refractivity contribution is 5.97. The maximum absolute atomic E-state index is 12.5. The van der Waals surface area contributed by atoms with Crippen LogP contribution in [0.4, 0.5) is 5.82 Å². The van der Waals surface area contributed by atoms with Crippen molar-refractivity contribution in [3.8, 4) is 11.5 Å². The molecule has 0 saturated carbocycles. The molecule has 138 valence electrons. The van der Waals surface area contributed by atoms with E-state index in [0.717, 1.165) is 18.9 Å². The van der Waals surface area contributed by atoms with Crippen molar-refractivity contribution in [1.29, 1.82) is 0 Å². The van der Waals surface area contributed by atoms with Crippen LogP contribution in [-0.2, 0) is 11.3 Å². The molecule has 0 radical (unpaired) electrons. The van der Waals surface area contributed by atoms with Gasteiger partial charge in [0.05, 0.1) is 39.5 Å². The Labute approximate surface area is 152 Å². The normalized spacial score (nSPS) is 14.0. The molecule has 1 fully saturated rings. The number of para-hydroxylation sites is 1. The average Bonchev–Trinajstić information content (AvgIpc) is 2.72. The Hall–Kier alpha value is -2.87. The molecule has 1 aromatic heterocycles. The van der Waals surface area contributed by atoms with Crippen LogP contribution in [0.3, 0.4) is 0 Å². The lowest BCUT2D eigenvalue weighted by atomic mass is 10.1. The Kier molecular flexibility index (Phi) is 5.85. The largest absolute Gasteiger partial charge is 0.493 e. The van der Waals surface area contributed by atoms with Crippen molar-refractivity contribution in [3.05, 3.63) is 41.9 Å². The molecule has 0 spiro atoms. The van der Waals surface area contributed by atoms with E-state index in [1.807, 2.05) is 6.07 Å². The standard InChI is InChI=1S/C18H22N4O4/c1-24-14-5-3-4-13(17(14)25-2)18(23)20-12-15-19-7-6-16(21-15)22-8-10-26-11-9-22/h3-7H,8-12H2,1-2H3,(H,20,23). The highest BCUT2D eigenvalue weighted by Gasteiger charge is 2.17. The Balaban J connectivity index is 1.68. The van der Waals surface area contributed by atoms with Crippen molar-refractivity contribution in [2.24, 2.45) is 0 Å². The van der Waals surface area contributed by atoms with Gasteiger partial charge in [0.15, 0.2) is 11.5 Å². The quantitative estimate of drug-likeness (QED) is 0.832. The first-order chi connectivity index (χ1) is 12.7. The number of rotatable bonds is 6. The number of morpholine rings is 1. The number of carbonyl (C=O) groups excluding carboxylic acids is 1. The number of benzene rings is 1. The van der Waals surface area contributed by atoms with Crippen molar-refractivity contribution in [1.82, 2.24) is 15.3 Å². The zero-order valence-electron chi connectivity index (χ0n) is 14.9. The van der Waals surface area contributed by atoms with Gasteiger partial charge in [-0.15, -0.1) is 0 Å². The van der Waals surface area contributed by atoms with Crippen LogP contribution in [0.5, 0.6) is 11.5 Å². The second-order valence-corrected chi connectivity index (χ2v) is 5.65. The van der Waals surface area contributed by atoms with Gasteiger partial charge in [-0.25, -0.2) is 9.97 Å². The van der Waals surface area contributed by atoms with Crippen molar-refractivity contribution in [2.75, 3.05) is 45.4 Å². The summed E-state index contributed by atoms with van der Waals surface area (Å²) in [5.74, 6) is 2.01. The number of ether oxygens (including phenoxy) is 3. The predicted octanol–water partition coefficient (Wildman–Crippen LogP) is 1.26. The number of nitrogens with zero attached hydrogens (tertiary/aromatic N) is 3. The summed E-state index contributed by atoms with van der Waals surface area (Å²) in [5.41, 5.74) is 0.399. The van der Waals surface area contributed by atoms with E-state index in [9.17, 15) is 4.79 Å². The molecule has 1 aromatic carbocycles. The molecular formula is C18H22N4O4. The zero-order chi connectivity index (χ0) is 18.4. The minimum absolute atomic E-state index is 0.220. The van der Waals surface area contributed by atoms with Crippen molar-refractivity contribution < 1.29 is 19.0 Å². The first kappa shape index (κ1) is 17.9. The summed E-state index contributed by atoms with van der Waals surface area (Å²) in [6.07, 6.45) is 1.70. The fraction of sp³-hybridized carbons (Fsp3) is 0.389. The van der Waals surface area contributed by atoms with Crippen LogP contribution >= 0.6 is 0 Å². The van der Waals surface area contributed by atoms with Crippen LogP contribution in [-0.4, -0.2) is 56.4 Å². The average molecular weight is 358 g/mol. The number of carbonyl (C=O) groups is 1. The second kappa shape index (κ2) is 8.48. The number of methoxy groups -OCH3 is 2. The van der Waals surface area contributed by atoms with E-state index in [2.05, 4.69) is 20.2 Å². The number of hydrogen-bond donors (Lipinski definition) is 1. The molecule has 2 aromatic rings. The molecule has 1 aliphatic rings. The molecule has 1 amide bonds. The zero-order valence-corrected chi connectivity index (χ0v) is 14.9. The SMILES string of the molecule is COc1cccc(C(=O)NCc2nccc(N3CCOCC3)n2)c1OC. The summed E-state index contributed by atoms with van der Waals surface area (Å²) in [4.78, 5) is 23.4. The summed E-state index contributed by atoms with van der Waals surface area (Å²) in [6.45, 7) is 3.18. The van der Waals surface area contributed by atoms with E-state index in [1.54, 1.807) is 24.4 Å². The lowest BCUT2D eigenvalue weighted by molar-refractivity contribution is 0.0946. The van der Waals surface area contributed by atoms with Gasteiger partial charge in [0.25, 0.3) is 5.91 Å². The summed E-state index contributed by atoms with van der Waals surface area (Å²) in [5, 5.41) is 2.83. The molecule has 3 rings (SSSR count).